The number of carbonyl (C=O) groups is 2. The van der Waals surface area contributed by atoms with Gasteiger partial charge >= 0.3 is 11.9 Å². The van der Waals surface area contributed by atoms with Crippen molar-refractivity contribution < 1.29 is 19.1 Å². The first-order valence-corrected chi connectivity index (χ1v) is 7.15. The summed E-state index contributed by atoms with van der Waals surface area (Å²) in [5, 5.41) is 4.17. The van der Waals surface area contributed by atoms with E-state index < -0.39 is 17.7 Å². The largest absolute Gasteiger partial charge is 0.419 e. The van der Waals surface area contributed by atoms with E-state index in [1.807, 2.05) is 37.4 Å². The van der Waals surface area contributed by atoms with Crippen LogP contribution in [0.5, 0.6) is 0 Å². The van der Waals surface area contributed by atoms with E-state index in [-0.39, 0.29) is 5.57 Å². The first kappa shape index (κ1) is 15.0. The second-order valence-electron chi connectivity index (χ2n) is 5.73. The molecule has 118 valence electrons. The van der Waals surface area contributed by atoms with Crippen LogP contribution in [0.15, 0.2) is 42.2 Å². The lowest BCUT2D eigenvalue weighted by molar-refractivity contribution is -0.222. The number of ether oxygens (including phenoxy) is 2. The number of nitrogens with zero attached hydrogens (tertiary/aromatic N) is 2. The number of cyclic esters (lactones) is 2. The van der Waals surface area contributed by atoms with Crippen molar-refractivity contribution in [2.75, 3.05) is 0 Å². The second-order valence-corrected chi connectivity index (χ2v) is 5.73. The zero-order valence-electron chi connectivity index (χ0n) is 13.1. The lowest BCUT2D eigenvalue weighted by Gasteiger charge is -2.29. The average Bonchev–Trinajstić information content (AvgIpc) is 2.97. The summed E-state index contributed by atoms with van der Waals surface area (Å²) in [5.74, 6) is -2.59. The van der Waals surface area contributed by atoms with Gasteiger partial charge in [-0.1, -0.05) is 6.07 Å². The summed E-state index contributed by atoms with van der Waals surface area (Å²) in [5.41, 5.74) is 2.42. The molecule has 2 aromatic rings. The summed E-state index contributed by atoms with van der Waals surface area (Å²) < 4.78 is 11.9. The Morgan fingerprint density at radius 3 is 2.43 bits per heavy atom. The molecular weight excluding hydrogens is 296 g/mol. The lowest BCUT2D eigenvalue weighted by Crippen LogP contribution is -2.41. The van der Waals surface area contributed by atoms with Crippen LogP contribution in [0.1, 0.15) is 25.0 Å². The van der Waals surface area contributed by atoms with Crippen molar-refractivity contribution in [1.29, 1.82) is 0 Å². The summed E-state index contributed by atoms with van der Waals surface area (Å²) in [7, 11) is 0. The Morgan fingerprint density at radius 1 is 1.17 bits per heavy atom. The summed E-state index contributed by atoms with van der Waals surface area (Å²) in [6.45, 7) is 4.93. The van der Waals surface area contributed by atoms with Gasteiger partial charge in [-0.2, -0.15) is 5.10 Å². The molecule has 0 spiro atoms. The molecule has 1 aliphatic rings. The molecule has 1 fully saturated rings. The average molecular weight is 312 g/mol. The molecule has 0 bridgehead atoms. The van der Waals surface area contributed by atoms with E-state index in [9.17, 15) is 9.59 Å². The number of hydrogen-bond donors (Lipinski definition) is 0. The Bertz CT molecular complexity index is 782. The van der Waals surface area contributed by atoms with Crippen molar-refractivity contribution in [3.63, 3.8) is 0 Å². The predicted octanol–water partition coefficient (Wildman–Crippen LogP) is 2.40. The molecule has 0 atom stereocenters. The Labute approximate surface area is 133 Å². The van der Waals surface area contributed by atoms with Gasteiger partial charge in [0.2, 0.25) is 0 Å². The third-order valence-corrected chi connectivity index (χ3v) is 3.44. The first-order valence-electron chi connectivity index (χ1n) is 7.15. The number of benzene rings is 1. The van der Waals surface area contributed by atoms with Crippen LogP contribution in [0.25, 0.3) is 11.8 Å². The van der Waals surface area contributed by atoms with E-state index in [2.05, 4.69) is 5.10 Å². The number of aryl methyl sites for hydroxylation is 1. The van der Waals surface area contributed by atoms with Gasteiger partial charge in [0.1, 0.15) is 5.57 Å². The van der Waals surface area contributed by atoms with E-state index >= 15 is 0 Å². The van der Waals surface area contributed by atoms with Crippen LogP contribution < -0.4 is 0 Å². The van der Waals surface area contributed by atoms with Gasteiger partial charge in [-0.25, -0.2) is 14.3 Å². The molecule has 0 radical (unpaired) electrons. The topological polar surface area (TPSA) is 70.4 Å². The van der Waals surface area contributed by atoms with Gasteiger partial charge in [0.15, 0.2) is 0 Å². The number of rotatable bonds is 2. The summed E-state index contributed by atoms with van der Waals surface area (Å²) in [6.07, 6.45) is 5.02. The summed E-state index contributed by atoms with van der Waals surface area (Å²) >= 11 is 0. The minimum Gasteiger partial charge on any atom is -0.419 e. The van der Waals surface area contributed by atoms with Crippen LogP contribution >= 0.6 is 0 Å². The molecule has 6 heteroatoms. The van der Waals surface area contributed by atoms with Crippen LogP contribution in [0.2, 0.25) is 0 Å². The number of esters is 2. The van der Waals surface area contributed by atoms with Crippen LogP contribution in [0.4, 0.5) is 0 Å². The Balaban J connectivity index is 1.94. The van der Waals surface area contributed by atoms with Gasteiger partial charge < -0.3 is 9.47 Å². The van der Waals surface area contributed by atoms with Crippen LogP contribution in [0.3, 0.4) is 0 Å². The standard InChI is InChI=1S/C17H16N2O4/c1-11-9-13(19-8-4-7-18-19)6-5-12(11)10-14-15(20)22-17(2,3)23-16(14)21/h4-10H,1-3H3. The number of carbonyl (C=O) groups excluding carboxylic acids is 2. The molecule has 1 aliphatic heterocycles. The highest BCUT2D eigenvalue weighted by atomic mass is 16.7. The SMILES string of the molecule is Cc1cc(-n2cccn2)ccc1C=C1C(=O)OC(C)(C)OC1=O. The molecule has 2 heterocycles. The van der Waals surface area contributed by atoms with E-state index in [4.69, 9.17) is 9.47 Å². The maximum atomic E-state index is 12.0. The van der Waals surface area contributed by atoms with Gasteiger partial charge in [0.25, 0.3) is 5.79 Å². The molecule has 1 aromatic carbocycles. The van der Waals surface area contributed by atoms with Gasteiger partial charge in [0, 0.05) is 26.2 Å². The fourth-order valence-corrected chi connectivity index (χ4v) is 2.32. The molecule has 23 heavy (non-hydrogen) atoms. The summed E-state index contributed by atoms with van der Waals surface area (Å²) in [6, 6.07) is 7.43. The minimum absolute atomic E-state index is 0.112. The highest BCUT2D eigenvalue weighted by Gasteiger charge is 2.38. The molecule has 0 saturated carbocycles. The quantitative estimate of drug-likeness (QED) is 0.484. The van der Waals surface area contributed by atoms with E-state index in [1.54, 1.807) is 10.9 Å². The number of hydrogen-bond acceptors (Lipinski definition) is 5. The zero-order valence-corrected chi connectivity index (χ0v) is 13.1. The van der Waals surface area contributed by atoms with E-state index in [0.717, 1.165) is 16.8 Å². The summed E-state index contributed by atoms with van der Waals surface area (Å²) in [4.78, 5) is 24.0. The third-order valence-electron chi connectivity index (χ3n) is 3.44. The number of aromatic nitrogens is 2. The molecule has 0 N–H and O–H groups in total. The molecule has 6 nitrogen and oxygen atoms in total. The highest BCUT2D eigenvalue weighted by molar-refractivity contribution is 6.18. The molecule has 0 aliphatic carbocycles. The molecule has 1 saturated heterocycles. The van der Waals surface area contributed by atoms with Gasteiger partial charge in [-0.3, -0.25) is 0 Å². The van der Waals surface area contributed by atoms with Crippen molar-refractivity contribution >= 4 is 18.0 Å². The molecular formula is C17H16N2O4. The molecule has 0 unspecified atom stereocenters. The second kappa shape index (κ2) is 5.39. The monoisotopic (exact) mass is 312 g/mol. The molecule has 1 aromatic heterocycles. The maximum absolute atomic E-state index is 12.0. The van der Waals surface area contributed by atoms with E-state index in [0.29, 0.717) is 0 Å². The van der Waals surface area contributed by atoms with Gasteiger partial charge in [-0.15, -0.1) is 0 Å². The Hall–Kier alpha value is -2.89. The predicted molar refractivity (Wildman–Crippen MR) is 82.5 cm³/mol. The van der Waals surface area contributed by atoms with Crippen LogP contribution in [-0.2, 0) is 19.1 Å². The van der Waals surface area contributed by atoms with Crippen molar-refractivity contribution in [3.8, 4) is 5.69 Å². The Morgan fingerprint density at radius 2 is 1.87 bits per heavy atom. The first-order chi connectivity index (χ1) is 10.9. The van der Waals surface area contributed by atoms with Crippen molar-refractivity contribution in [3.05, 3.63) is 53.4 Å². The van der Waals surface area contributed by atoms with E-state index in [1.165, 1.54) is 19.9 Å². The van der Waals surface area contributed by atoms with Crippen LogP contribution in [-0.4, -0.2) is 27.5 Å². The zero-order chi connectivity index (χ0) is 16.6. The van der Waals surface area contributed by atoms with Gasteiger partial charge in [-0.05, 0) is 42.3 Å². The molecule has 3 rings (SSSR count). The van der Waals surface area contributed by atoms with Gasteiger partial charge in [0.05, 0.1) is 5.69 Å². The normalized spacial score (nSPS) is 16.7. The lowest BCUT2D eigenvalue weighted by atomic mass is 10.0. The van der Waals surface area contributed by atoms with Crippen molar-refractivity contribution in [1.82, 2.24) is 9.78 Å². The smallest absolute Gasteiger partial charge is 0.348 e. The Kier molecular flexibility index (Phi) is 3.52. The third kappa shape index (κ3) is 3.01. The van der Waals surface area contributed by atoms with Crippen molar-refractivity contribution in [2.24, 2.45) is 0 Å². The fourth-order valence-electron chi connectivity index (χ4n) is 2.32. The molecule has 0 amide bonds. The minimum atomic E-state index is -1.23. The van der Waals surface area contributed by atoms with Crippen molar-refractivity contribution in [2.45, 2.75) is 26.6 Å². The van der Waals surface area contributed by atoms with Crippen LogP contribution in [0, 0.1) is 6.92 Å². The highest BCUT2D eigenvalue weighted by Crippen LogP contribution is 2.25. The fraction of sp³-hybridized carbons (Fsp3) is 0.235. The maximum Gasteiger partial charge on any atom is 0.348 e.